The van der Waals surface area contributed by atoms with E-state index in [-0.39, 0.29) is 23.8 Å². The lowest BCUT2D eigenvalue weighted by Gasteiger charge is -2.39. The van der Waals surface area contributed by atoms with Crippen molar-refractivity contribution < 1.29 is 14.3 Å². The van der Waals surface area contributed by atoms with Crippen molar-refractivity contribution in [1.82, 2.24) is 20.0 Å². The Balaban J connectivity index is 1.11. The number of piperidine rings is 1. The molecule has 0 spiro atoms. The first-order valence-electron chi connectivity index (χ1n) is 11.5. The van der Waals surface area contributed by atoms with Crippen LogP contribution < -0.4 is 4.90 Å². The molecule has 2 amide bonds. The molecule has 30 heavy (non-hydrogen) atoms. The van der Waals surface area contributed by atoms with Crippen LogP contribution in [0.2, 0.25) is 0 Å². The minimum atomic E-state index is -0.265. The van der Waals surface area contributed by atoms with Crippen LogP contribution in [0, 0.1) is 5.92 Å². The van der Waals surface area contributed by atoms with Crippen LogP contribution in [0.3, 0.4) is 0 Å². The molecule has 0 N–H and O–H groups in total. The summed E-state index contributed by atoms with van der Waals surface area (Å²) in [4.78, 5) is 31.6. The van der Waals surface area contributed by atoms with Crippen molar-refractivity contribution in [2.45, 2.75) is 51.0 Å². The third-order valence-electron chi connectivity index (χ3n) is 7.08. The second-order valence-electron chi connectivity index (χ2n) is 8.94. The molecule has 1 atom stereocenters. The van der Waals surface area contributed by atoms with E-state index in [4.69, 9.17) is 4.74 Å². The van der Waals surface area contributed by atoms with E-state index in [2.05, 4.69) is 21.2 Å². The molecule has 4 aliphatic rings. The minimum absolute atomic E-state index is 0.0732. The topological polar surface area (TPSA) is 78.9 Å². The molecule has 8 heteroatoms. The van der Waals surface area contributed by atoms with Gasteiger partial charge in [0.1, 0.15) is 6.10 Å². The predicted octanol–water partition coefficient (Wildman–Crippen LogP) is 1.03. The zero-order chi connectivity index (χ0) is 20.5. The number of hydrogen-bond donors (Lipinski definition) is 0. The molecule has 1 aromatic rings. The SMILES string of the molecule is O=C(C1CCN(c2cc3c(nn2)CCC3)CC1)N1CCN(C(=O)[C@@H]2CCCO2)CC1. The van der Waals surface area contributed by atoms with Crippen molar-refractivity contribution in [3.63, 3.8) is 0 Å². The lowest BCUT2D eigenvalue weighted by atomic mass is 9.95. The van der Waals surface area contributed by atoms with E-state index in [1.807, 2.05) is 9.80 Å². The first-order chi connectivity index (χ1) is 14.7. The van der Waals surface area contributed by atoms with Crippen molar-refractivity contribution in [1.29, 1.82) is 0 Å². The Bertz CT molecular complexity index is 794. The lowest BCUT2D eigenvalue weighted by Crippen LogP contribution is -2.54. The summed E-state index contributed by atoms with van der Waals surface area (Å²) in [6.07, 6.45) is 6.56. The minimum Gasteiger partial charge on any atom is -0.368 e. The highest BCUT2D eigenvalue weighted by Gasteiger charge is 2.34. The van der Waals surface area contributed by atoms with E-state index < -0.39 is 0 Å². The quantitative estimate of drug-likeness (QED) is 0.737. The molecule has 3 aliphatic heterocycles. The Morgan fingerprint density at radius 2 is 1.60 bits per heavy atom. The van der Waals surface area contributed by atoms with Crippen LogP contribution in [0.25, 0.3) is 0 Å². The van der Waals surface area contributed by atoms with Gasteiger partial charge in [0.15, 0.2) is 5.82 Å². The third-order valence-corrected chi connectivity index (χ3v) is 7.08. The molecule has 0 bridgehead atoms. The molecular weight excluding hydrogens is 382 g/mol. The number of anilines is 1. The highest BCUT2D eigenvalue weighted by Crippen LogP contribution is 2.27. The molecule has 4 heterocycles. The Hall–Kier alpha value is -2.22. The number of aryl methyl sites for hydroxylation is 2. The van der Waals surface area contributed by atoms with Gasteiger partial charge in [-0.2, -0.15) is 5.10 Å². The maximum Gasteiger partial charge on any atom is 0.251 e. The number of nitrogens with zero attached hydrogens (tertiary/aromatic N) is 5. The number of carbonyl (C=O) groups is 2. The molecule has 8 nitrogen and oxygen atoms in total. The zero-order valence-electron chi connectivity index (χ0n) is 17.6. The number of fused-ring (bicyclic) bond motifs is 1. The van der Waals surface area contributed by atoms with E-state index in [9.17, 15) is 9.59 Å². The van der Waals surface area contributed by atoms with E-state index in [1.165, 1.54) is 12.0 Å². The summed E-state index contributed by atoms with van der Waals surface area (Å²) in [5.41, 5.74) is 2.49. The predicted molar refractivity (Wildman–Crippen MR) is 111 cm³/mol. The first kappa shape index (κ1) is 19.7. The molecule has 3 fully saturated rings. The van der Waals surface area contributed by atoms with Gasteiger partial charge in [-0.1, -0.05) is 0 Å². The van der Waals surface area contributed by atoms with Gasteiger partial charge in [0.05, 0.1) is 5.69 Å². The second-order valence-corrected chi connectivity index (χ2v) is 8.94. The van der Waals surface area contributed by atoms with Crippen LogP contribution in [-0.4, -0.2) is 83.8 Å². The van der Waals surface area contributed by atoms with E-state index in [0.29, 0.717) is 32.8 Å². The van der Waals surface area contributed by atoms with Crippen LogP contribution in [0.1, 0.15) is 43.4 Å². The highest BCUT2D eigenvalue weighted by molar-refractivity contribution is 5.82. The summed E-state index contributed by atoms with van der Waals surface area (Å²) in [6.45, 7) is 4.89. The number of ether oxygens (including phenoxy) is 1. The fourth-order valence-corrected chi connectivity index (χ4v) is 5.21. The standard InChI is InChI=1S/C22H31N5O3/c28-21(26-10-12-27(13-11-26)22(29)19-5-2-14-30-19)16-6-8-25(9-7-16)20-15-17-3-1-4-18(17)23-24-20/h15-16,19H,1-14H2/t19-/m0/s1. The fraction of sp³-hybridized carbons (Fsp3) is 0.727. The molecule has 0 aromatic carbocycles. The molecule has 0 unspecified atom stereocenters. The van der Waals surface area contributed by atoms with Crippen LogP contribution >= 0.6 is 0 Å². The summed E-state index contributed by atoms with van der Waals surface area (Å²) in [7, 11) is 0. The van der Waals surface area contributed by atoms with Crippen LogP contribution in [0.5, 0.6) is 0 Å². The van der Waals surface area contributed by atoms with Gasteiger partial charge in [0.2, 0.25) is 5.91 Å². The Kier molecular flexibility index (Phi) is 5.58. The molecule has 0 radical (unpaired) electrons. The van der Waals surface area contributed by atoms with Gasteiger partial charge in [0.25, 0.3) is 5.91 Å². The molecule has 1 aliphatic carbocycles. The smallest absolute Gasteiger partial charge is 0.251 e. The number of hydrogen-bond acceptors (Lipinski definition) is 6. The number of rotatable bonds is 3. The van der Waals surface area contributed by atoms with E-state index in [1.54, 1.807) is 0 Å². The molecule has 3 saturated heterocycles. The van der Waals surface area contributed by atoms with Gasteiger partial charge >= 0.3 is 0 Å². The molecule has 5 rings (SSSR count). The van der Waals surface area contributed by atoms with Gasteiger partial charge in [-0.15, -0.1) is 5.10 Å². The lowest BCUT2D eigenvalue weighted by molar-refractivity contribution is -0.147. The highest BCUT2D eigenvalue weighted by atomic mass is 16.5. The largest absolute Gasteiger partial charge is 0.368 e. The van der Waals surface area contributed by atoms with Gasteiger partial charge in [0, 0.05) is 51.8 Å². The van der Waals surface area contributed by atoms with Crippen LogP contribution in [-0.2, 0) is 27.2 Å². The number of piperazine rings is 1. The summed E-state index contributed by atoms with van der Waals surface area (Å²) < 4.78 is 5.52. The van der Waals surface area contributed by atoms with Crippen molar-refractivity contribution in [2.24, 2.45) is 5.92 Å². The second kappa shape index (κ2) is 8.49. The van der Waals surface area contributed by atoms with Crippen LogP contribution in [0.4, 0.5) is 5.82 Å². The summed E-state index contributed by atoms with van der Waals surface area (Å²) >= 11 is 0. The van der Waals surface area contributed by atoms with Gasteiger partial charge in [-0.3, -0.25) is 9.59 Å². The van der Waals surface area contributed by atoms with Gasteiger partial charge in [-0.25, -0.2) is 0 Å². The van der Waals surface area contributed by atoms with Gasteiger partial charge < -0.3 is 19.4 Å². The third kappa shape index (κ3) is 3.89. The summed E-state index contributed by atoms with van der Waals surface area (Å²) in [5, 5.41) is 8.83. The first-order valence-corrected chi connectivity index (χ1v) is 11.5. The molecular formula is C22H31N5O3. The van der Waals surface area contributed by atoms with E-state index in [0.717, 1.165) is 63.1 Å². The van der Waals surface area contributed by atoms with Crippen LogP contribution in [0.15, 0.2) is 6.07 Å². The summed E-state index contributed by atoms with van der Waals surface area (Å²) in [5.74, 6) is 1.38. The zero-order valence-corrected chi connectivity index (χ0v) is 17.6. The van der Waals surface area contributed by atoms with E-state index >= 15 is 0 Å². The Morgan fingerprint density at radius 3 is 2.30 bits per heavy atom. The monoisotopic (exact) mass is 413 g/mol. The van der Waals surface area contributed by atoms with Crippen molar-refractivity contribution in [3.05, 3.63) is 17.3 Å². The van der Waals surface area contributed by atoms with Crippen molar-refractivity contribution >= 4 is 17.6 Å². The summed E-state index contributed by atoms with van der Waals surface area (Å²) in [6, 6.07) is 2.20. The molecule has 0 saturated carbocycles. The number of amides is 2. The van der Waals surface area contributed by atoms with Crippen molar-refractivity contribution in [3.8, 4) is 0 Å². The Morgan fingerprint density at radius 1 is 0.867 bits per heavy atom. The number of aromatic nitrogens is 2. The average molecular weight is 414 g/mol. The molecule has 1 aromatic heterocycles. The number of carbonyl (C=O) groups excluding carboxylic acids is 2. The maximum absolute atomic E-state index is 13.0. The molecule has 162 valence electrons. The van der Waals surface area contributed by atoms with Gasteiger partial charge in [-0.05, 0) is 56.6 Å². The Labute approximate surface area is 177 Å². The van der Waals surface area contributed by atoms with Crippen molar-refractivity contribution in [2.75, 3.05) is 50.8 Å². The fourth-order valence-electron chi connectivity index (χ4n) is 5.21. The maximum atomic E-state index is 13.0. The average Bonchev–Trinajstić information content (AvgIpc) is 3.50. The normalized spacial score (nSPS) is 24.9.